The molecule has 1 N–H and O–H groups in total. The van der Waals surface area contributed by atoms with Crippen molar-refractivity contribution in [1.29, 1.82) is 0 Å². The van der Waals surface area contributed by atoms with Crippen molar-refractivity contribution in [3.8, 4) is 0 Å². The fourth-order valence-electron chi connectivity index (χ4n) is 2.26. The van der Waals surface area contributed by atoms with Crippen LogP contribution in [0.3, 0.4) is 0 Å². The number of carbonyl (C=O) groups excluding carboxylic acids is 1. The summed E-state index contributed by atoms with van der Waals surface area (Å²) in [7, 11) is 1.84. The Labute approximate surface area is 121 Å². The summed E-state index contributed by atoms with van der Waals surface area (Å²) in [5, 5.41) is 3.40. The molecular weight excluding hydrogens is 312 g/mol. The fourth-order valence-corrected chi connectivity index (χ4v) is 4.07. The highest BCUT2D eigenvalue weighted by Gasteiger charge is 2.23. The average Bonchev–Trinajstić information content (AvgIpc) is 2.75. The van der Waals surface area contributed by atoms with Crippen molar-refractivity contribution in [2.24, 2.45) is 0 Å². The molecule has 0 radical (unpaired) electrons. The van der Waals surface area contributed by atoms with Gasteiger partial charge in [0.2, 0.25) is 5.91 Å². The second-order valence-electron chi connectivity index (χ2n) is 4.66. The van der Waals surface area contributed by atoms with Crippen molar-refractivity contribution < 1.29 is 4.79 Å². The standard InChI is InChI=1S/C13H19BrN2OS/c1-3-16(2)13(17)8-15-10-5-4-6-11-9(10)7-12(14)18-11/h7,10,15H,3-6,8H2,1-2H3. The summed E-state index contributed by atoms with van der Waals surface area (Å²) in [5.74, 6) is 0.166. The molecular formula is C13H19BrN2OS. The molecule has 1 aliphatic rings. The van der Waals surface area contributed by atoms with E-state index in [1.165, 1.54) is 27.1 Å². The Morgan fingerprint density at radius 2 is 2.44 bits per heavy atom. The van der Waals surface area contributed by atoms with Crippen LogP contribution in [-0.2, 0) is 11.2 Å². The monoisotopic (exact) mass is 330 g/mol. The lowest BCUT2D eigenvalue weighted by molar-refractivity contribution is -0.128. The molecule has 1 aliphatic carbocycles. The minimum Gasteiger partial charge on any atom is -0.345 e. The van der Waals surface area contributed by atoms with Gasteiger partial charge in [-0.3, -0.25) is 4.79 Å². The fraction of sp³-hybridized carbons (Fsp3) is 0.615. The number of nitrogens with zero attached hydrogens (tertiary/aromatic N) is 1. The maximum Gasteiger partial charge on any atom is 0.236 e. The van der Waals surface area contributed by atoms with Crippen molar-refractivity contribution >= 4 is 33.2 Å². The van der Waals surface area contributed by atoms with Gasteiger partial charge in [-0.2, -0.15) is 0 Å². The summed E-state index contributed by atoms with van der Waals surface area (Å²) in [5.41, 5.74) is 1.38. The molecule has 1 heterocycles. The summed E-state index contributed by atoms with van der Waals surface area (Å²) < 4.78 is 1.19. The first kappa shape index (κ1) is 14.0. The molecule has 0 aliphatic heterocycles. The smallest absolute Gasteiger partial charge is 0.236 e. The van der Waals surface area contributed by atoms with E-state index in [0.29, 0.717) is 12.6 Å². The van der Waals surface area contributed by atoms with Crippen molar-refractivity contribution in [2.75, 3.05) is 20.1 Å². The van der Waals surface area contributed by atoms with Crippen LogP contribution < -0.4 is 5.32 Å². The molecule has 0 bridgehead atoms. The minimum atomic E-state index is 0.166. The number of thiophene rings is 1. The summed E-state index contributed by atoms with van der Waals surface area (Å²) in [6.07, 6.45) is 3.50. The second-order valence-corrected chi connectivity index (χ2v) is 7.18. The Bertz CT molecular complexity index is 433. The number of hydrogen-bond donors (Lipinski definition) is 1. The molecule has 0 aromatic carbocycles. The largest absolute Gasteiger partial charge is 0.345 e. The van der Waals surface area contributed by atoms with E-state index in [1.807, 2.05) is 25.3 Å². The molecule has 0 fully saturated rings. The van der Waals surface area contributed by atoms with Crippen LogP contribution >= 0.6 is 27.3 Å². The molecule has 0 spiro atoms. The van der Waals surface area contributed by atoms with Gasteiger partial charge in [-0.15, -0.1) is 11.3 Å². The van der Waals surface area contributed by atoms with Gasteiger partial charge in [0.15, 0.2) is 0 Å². The number of likely N-dealkylation sites (N-methyl/N-ethyl adjacent to an activating group) is 1. The first-order valence-corrected chi connectivity index (χ1v) is 7.98. The average molecular weight is 331 g/mol. The Morgan fingerprint density at radius 3 is 3.17 bits per heavy atom. The number of fused-ring (bicyclic) bond motifs is 1. The third kappa shape index (κ3) is 3.13. The molecule has 2 rings (SSSR count). The maximum atomic E-state index is 11.8. The van der Waals surface area contributed by atoms with E-state index < -0.39 is 0 Å². The van der Waals surface area contributed by atoms with E-state index in [-0.39, 0.29) is 5.91 Å². The lowest BCUT2D eigenvalue weighted by atomic mass is 9.94. The van der Waals surface area contributed by atoms with Gasteiger partial charge in [0, 0.05) is 24.5 Å². The molecule has 1 aromatic rings. The van der Waals surface area contributed by atoms with Crippen molar-refractivity contribution in [3.63, 3.8) is 0 Å². The number of carbonyl (C=O) groups is 1. The van der Waals surface area contributed by atoms with E-state index in [4.69, 9.17) is 0 Å². The zero-order valence-corrected chi connectivity index (χ0v) is 13.2. The van der Waals surface area contributed by atoms with Gasteiger partial charge >= 0.3 is 0 Å². The molecule has 1 unspecified atom stereocenters. The Kier molecular flexibility index (Phi) is 4.81. The number of amides is 1. The second kappa shape index (κ2) is 6.17. The van der Waals surface area contributed by atoms with Crippen LogP contribution in [0.2, 0.25) is 0 Å². The molecule has 18 heavy (non-hydrogen) atoms. The summed E-state index contributed by atoms with van der Waals surface area (Å²) in [4.78, 5) is 15.0. The Morgan fingerprint density at radius 1 is 1.67 bits per heavy atom. The van der Waals surface area contributed by atoms with Gasteiger partial charge in [0.1, 0.15) is 0 Å². The number of halogens is 1. The Balaban J connectivity index is 1.97. The van der Waals surface area contributed by atoms with Crippen LogP contribution in [0.5, 0.6) is 0 Å². The Hall–Kier alpha value is -0.390. The van der Waals surface area contributed by atoms with Crippen LogP contribution in [0.25, 0.3) is 0 Å². The van der Waals surface area contributed by atoms with Gasteiger partial charge in [-0.25, -0.2) is 0 Å². The molecule has 1 amide bonds. The highest BCUT2D eigenvalue weighted by atomic mass is 79.9. The first-order chi connectivity index (χ1) is 8.61. The molecule has 0 saturated heterocycles. The van der Waals surface area contributed by atoms with Crippen LogP contribution in [0, 0.1) is 0 Å². The molecule has 1 aromatic heterocycles. The summed E-state index contributed by atoms with van der Waals surface area (Å²) in [6, 6.07) is 2.54. The topological polar surface area (TPSA) is 32.3 Å². The summed E-state index contributed by atoms with van der Waals surface area (Å²) >= 11 is 5.37. The zero-order chi connectivity index (χ0) is 13.1. The van der Waals surface area contributed by atoms with Crippen molar-refractivity contribution in [2.45, 2.75) is 32.2 Å². The molecule has 5 heteroatoms. The number of nitrogens with one attached hydrogen (secondary N) is 1. The third-order valence-corrected chi connectivity index (χ3v) is 5.20. The van der Waals surface area contributed by atoms with E-state index >= 15 is 0 Å². The van der Waals surface area contributed by atoms with Gasteiger partial charge in [-0.1, -0.05) is 0 Å². The van der Waals surface area contributed by atoms with E-state index in [2.05, 4.69) is 27.3 Å². The highest BCUT2D eigenvalue weighted by molar-refractivity contribution is 9.11. The first-order valence-electron chi connectivity index (χ1n) is 6.37. The minimum absolute atomic E-state index is 0.166. The molecule has 100 valence electrons. The quantitative estimate of drug-likeness (QED) is 0.920. The van der Waals surface area contributed by atoms with E-state index in [9.17, 15) is 4.79 Å². The SMILES string of the molecule is CCN(C)C(=O)CNC1CCCc2sc(Br)cc21. The summed E-state index contributed by atoms with van der Waals surface area (Å²) in [6.45, 7) is 3.19. The van der Waals surface area contributed by atoms with Crippen molar-refractivity contribution in [1.82, 2.24) is 10.2 Å². The third-order valence-electron chi connectivity index (χ3n) is 3.48. The lowest BCUT2D eigenvalue weighted by Gasteiger charge is -2.24. The predicted octanol–water partition coefficient (Wildman–Crippen LogP) is 2.96. The molecule has 1 atom stereocenters. The van der Waals surface area contributed by atoms with Crippen molar-refractivity contribution in [3.05, 3.63) is 20.3 Å². The number of rotatable bonds is 4. The maximum absolute atomic E-state index is 11.8. The molecule has 0 saturated carbocycles. The van der Waals surface area contributed by atoms with Crippen LogP contribution in [0.15, 0.2) is 9.85 Å². The zero-order valence-electron chi connectivity index (χ0n) is 10.8. The van der Waals surface area contributed by atoms with Crippen LogP contribution in [0.4, 0.5) is 0 Å². The van der Waals surface area contributed by atoms with Crippen LogP contribution in [0.1, 0.15) is 36.2 Å². The van der Waals surface area contributed by atoms with Gasteiger partial charge in [0.05, 0.1) is 10.3 Å². The van der Waals surface area contributed by atoms with E-state index in [0.717, 1.165) is 13.0 Å². The van der Waals surface area contributed by atoms with E-state index in [1.54, 1.807) is 4.90 Å². The van der Waals surface area contributed by atoms with Gasteiger partial charge in [0.25, 0.3) is 0 Å². The van der Waals surface area contributed by atoms with Gasteiger partial charge < -0.3 is 10.2 Å². The van der Waals surface area contributed by atoms with Gasteiger partial charge in [-0.05, 0) is 53.7 Å². The number of aryl methyl sites for hydroxylation is 1. The predicted molar refractivity (Wildman–Crippen MR) is 79.0 cm³/mol. The molecule has 3 nitrogen and oxygen atoms in total. The number of hydrogen-bond acceptors (Lipinski definition) is 3. The van der Waals surface area contributed by atoms with Crippen LogP contribution in [-0.4, -0.2) is 30.9 Å². The normalized spacial score (nSPS) is 18.5. The lowest BCUT2D eigenvalue weighted by Crippen LogP contribution is -2.37. The highest BCUT2D eigenvalue weighted by Crippen LogP contribution is 2.37.